The lowest BCUT2D eigenvalue weighted by molar-refractivity contribution is 1.07. The number of hydrogen-bond acceptors (Lipinski definition) is 1. The predicted octanol–water partition coefficient (Wildman–Crippen LogP) is 2.27. The van der Waals surface area contributed by atoms with E-state index in [-0.39, 0.29) is 5.96 Å². The van der Waals surface area contributed by atoms with E-state index in [1.54, 1.807) is 0 Å². The van der Waals surface area contributed by atoms with Crippen LogP contribution in [-0.4, -0.2) is 5.96 Å². The minimum absolute atomic E-state index is 0.0963. The summed E-state index contributed by atoms with van der Waals surface area (Å²) in [6.45, 7) is 0.472. The summed E-state index contributed by atoms with van der Waals surface area (Å²) in [4.78, 5) is 4.00. The third-order valence-corrected chi connectivity index (χ3v) is 2.72. The average molecular weight is 234 g/mol. The number of halogens is 1. The lowest BCUT2D eigenvalue weighted by Gasteiger charge is -2.05. The van der Waals surface area contributed by atoms with Crippen molar-refractivity contribution >= 4 is 28.3 Å². The fourth-order valence-electron chi connectivity index (χ4n) is 1.64. The highest BCUT2D eigenvalue weighted by Gasteiger charge is 2.03. The molecule has 0 spiro atoms. The maximum atomic E-state index is 6.11. The van der Waals surface area contributed by atoms with E-state index in [9.17, 15) is 0 Å². The number of fused-ring (bicyclic) bond motifs is 1. The standard InChI is InChI=1S/C12H12ClN3/c13-11-6-5-8(7-16-12(14)15)9-3-1-2-4-10(9)11/h1-6H,7H2,(H4,14,15,16). The van der Waals surface area contributed by atoms with Crippen molar-refractivity contribution in [1.29, 1.82) is 0 Å². The van der Waals surface area contributed by atoms with Crippen molar-refractivity contribution < 1.29 is 0 Å². The van der Waals surface area contributed by atoms with Gasteiger partial charge in [0.15, 0.2) is 5.96 Å². The molecule has 0 saturated heterocycles. The average Bonchev–Trinajstić information content (AvgIpc) is 2.28. The molecule has 0 aromatic heterocycles. The lowest BCUT2D eigenvalue weighted by Crippen LogP contribution is -2.22. The van der Waals surface area contributed by atoms with Gasteiger partial charge in [0.05, 0.1) is 6.54 Å². The second-order valence-electron chi connectivity index (χ2n) is 3.49. The quantitative estimate of drug-likeness (QED) is 0.617. The normalized spacial score (nSPS) is 10.3. The van der Waals surface area contributed by atoms with Gasteiger partial charge in [0, 0.05) is 10.4 Å². The Morgan fingerprint density at radius 3 is 2.44 bits per heavy atom. The topological polar surface area (TPSA) is 64.4 Å². The molecule has 0 saturated carbocycles. The van der Waals surface area contributed by atoms with Gasteiger partial charge >= 0.3 is 0 Å². The van der Waals surface area contributed by atoms with Crippen LogP contribution in [0.2, 0.25) is 5.02 Å². The van der Waals surface area contributed by atoms with Crippen LogP contribution < -0.4 is 11.5 Å². The molecule has 0 aliphatic heterocycles. The van der Waals surface area contributed by atoms with Crippen molar-refractivity contribution in [2.24, 2.45) is 16.5 Å². The number of guanidine groups is 1. The molecule has 0 bridgehead atoms. The van der Waals surface area contributed by atoms with Crippen molar-refractivity contribution in [1.82, 2.24) is 0 Å². The largest absolute Gasteiger partial charge is 0.370 e. The van der Waals surface area contributed by atoms with E-state index in [1.807, 2.05) is 36.4 Å². The summed E-state index contributed by atoms with van der Waals surface area (Å²) >= 11 is 6.11. The highest BCUT2D eigenvalue weighted by Crippen LogP contribution is 2.26. The molecule has 0 fully saturated rings. The molecule has 4 N–H and O–H groups in total. The molecule has 4 heteroatoms. The highest BCUT2D eigenvalue weighted by atomic mass is 35.5. The van der Waals surface area contributed by atoms with Gasteiger partial charge in [-0.3, -0.25) is 0 Å². The van der Waals surface area contributed by atoms with Crippen LogP contribution in [0.15, 0.2) is 41.4 Å². The molecule has 2 aromatic rings. The Hall–Kier alpha value is -1.74. The number of benzene rings is 2. The SMILES string of the molecule is NC(N)=NCc1ccc(Cl)c2ccccc12. The molecule has 0 heterocycles. The maximum absolute atomic E-state index is 6.11. The first-order valence-electron chi connectivity index (χ1n) is 4.90. The monoisotopic (exact) mass is 233 g/mol. The minimum Gasteiger partial charge on any atom is -0.370 e. The van der Waals surface area contributed by atoms with Crippen LogP contribution in [0.25, 0.3) is 10.8 Å². The molecule has 0 aliphatic carbocycles. The van der Waals surface area contributed by atoms with E-state index in [2.05, 4.69) is 4.99 Å². The summed E-state index contributed by atoms with van der Waals surface area (Å²) in [5, 5.41) is 2.84. The molecular formula is C12H12ClN3. The Kier molecular flexibility index (Phi) is 2.97. The Morgan fingerprint density at radius 1 is 1.06 bits per heavy atom. The highest BCUT2D eigenvalue weighted by molar-refractivity contribution is 6.35. The summed E-state index contributed by atoms with van der Waals surface area (Å²) in [6.07, 6.45) is 0. The van der Waals surface area contributed by atoms with Crippen molar-refractivity contribution in [3.8, 4) is 0 Å². The lowest BCUT2D eigenvalue weighted by atomic mass is 10.0. The van der Waals surface area contributed by atoms with Gasteiger partial charge in [0.1, 0.15) is 0 Å². The molecule has 2 aromatic carbocycles. The van der Waals surface area contributed by atoms with Gasteiger partial charge in [0.2, 0.25) is 0 Å². The number of rotatable bonds is 2. The van der Waals surface area contributed by atoms with Crippen molar-refractivity contribution in [3.05, 3.63) is 47.0 Å². The number of hydrogen-bond donors (Lipinski definition) is 2. The fraction of sp³-hybridized carbons (Fsp3) is 0.0833. The summed E-state index contributed by atoms with van der Waals surface area (Å²) in [7, 11) is 0. The first-order valence-corrected chi connectivity index (χ1v) is 5.28. The van der Waals surface area contributed by atoms with Crippen molar-refractivity contribution in [3.63, 3.8) is 0 Å². The van der Waals surface area contributed by atoms with Crippen LogP contribution in [0.3, 0.4) is 0 Å². The van der Waals surface area contributed by atoms with E-state index < -0.39 is 0 Å². The second kappa shape index (κ2) is 4.41. The van der Waals surface area contributed by atoms with Gasteiger partial charge in [-0.2, -0.15) is 0 Å². The smallest absolute Gasteiger partial charge is 0.186 e. The zero-order valence-electron chi connectivity index (χ0n) is 8.65. The van der Waals surface area contributed by atoms with Crippen LogP contribution in [0.5, 0.6) is 0 Å². The third kappa shape index (κ3) is 2.09. The van der Waals surface area contributed by atoms with E-state index in [0.717, 1.165) is 21.4 Å². The Balaban J connectivity index is 2.54. The van der Waals surface area contributed by atoms with Gasteiger partial charge in [-0.05, 0) is 17.0 Å². The van der Waals surface area contributed by atoms with Gasteiger partial charge in [-0.15, -0.1) is 0 Å². The summed E-state index contributed by atoms with van der Waals surface area (Å²) < 4.78 is 0. The van der Waals surface area contributed by atoms with Crippen molar-refractivity contribution in [2.75, 3.05) is 0 Å². The molecule has 3 nitrogen and oxygen atoms in total. The minimum atomic E-state index is 0.0963. The molecule has 16 heavy (non-hydrogen) atoms. The molecule has 82 valence electrons. The zero-order valence-corrected chi connectivity index (χ0v) is 9.41. The molecule has 0 radical (unpaired) electrons. The van der Waals surface area contributed by atoms with Crippen molar-refractivity contribution in [2.45, 2.75) is 6.54 Å². The van der Waals surface area contributed by atoms with Crippen LogP contribution in [0, 0.1) is 0 Å². The molecule has 0 atom stereocenters. The summed E-state index contributed by atoms with van der Waals surface area (Å²) in [5.41, 5.74) is 11.7. The van der Waals surface area contributed by atoms with Crippen LogP contribution in [0.1, 0.15) is 5.56 Å². The first-order chi connectivity index (χ1) is 7.68. The number of nitrogens with zero attached hydrogens (tertiary/aromatic N) is 1. The number of nitrogens with two attached hydrogens (primary N) is 2. The molecular weight excluding hydrogens is 222 g/mol. The summed E-state index contributed by atoms with van der Waals surface area (Å²) in [6, 6.07) is 11.7. The van der Waals surface area contributed by atoms with Crippen LogP contribution in [0.4, 0.5) is 0 Å². The Bertz CT molecular complexity index is 545. The third-order valence-electron chi connectivity index (χ3n) is 2.39. The van der Waals surface area contributed by atoms with Gasteiger partial charge in [-0.1, -0.05) is 41.9 Å². The molecule has 0 amide bonds. The molecule has 0 aliphatic rings. The predicted molar refractivity (Wildman–Crippen MR) is 68.5 cm³/mol. The maximum Gasteiger partial charge on any atom is 0.186 e. The molecule has 0 unspecified atom stereocenters. The van der Waals surface area contributed by atoms with Crippen LogP contribution in [-0.2, 0) is 6.54 Å². The van der Waals surface area contributed by atoms with Gasteiger partial charge in [0.25, 0.3) is 0 Å². The second-order valence-corrected chi connectivity index (χ2v) is 3.90. The Morgan fingerprint density at radius 2 is 1.75 bits per heavy atom. The van der Waals surface area contributed by atoms with Gasteiger partial charge in [-0.25, -0.2) is 4.99 Å². The first kappa shape index (κ1) is 10.8. The molecule has 2 rings (SSSR count). The Labute approximate surface area is 98.7 Å². The van der Waals surface area contributed by atoms with E-state index >= 15 is 0 Å². The van der Waals surface area contributed by atoms with E-state index in [1.165, 1.54) is 0 Å². The zero-order chi connectivity index (χ0) is 11.5. The van der Waals surface area contributed by atoms with Crippen LogP contribution >= 0.6 is 11.6 Å². The van der Waals surface area contributed by atoms with Gasteiger partial charge < -0.3 is 11.5 Å². The van der Waals surface area contributed by atoms with E-state index in [4.69, 9.17) is 23.1 Å². The number of aliphatic imine (C=N–C) groups is 1. The fourth-order valence-corrected chi connectivity index (χ4v) is 1.87. The summed E-state index contributed by atoms with van der Waals surface area (Å²) in [5.74, 6) is 0.0963. The van der Waals surface area contributed by atoms with E-state index in [0.29, 0.717) is 6.54 Å².